The number of nitrogens with one attached hydrogen (secondary N) is 2. The van der Waals surface area contributed by atoms with Gasteiger partial charge in [0.25, 0.3) is 0 Å². The Hall–Kier alpha value is -1.66. The molecule has 0 unspecified atom stereocenters. The summed E-state index contributed by atoms with van der Waals surface area (Å²) in [4.78, 5) is 26.3. The van der Waals surface area contributed by atoms with Gasteiger partial charge in [0.1, 0.15) is 5.82 Å². The highest BCUT2D eigenvalue weighted by Crippen LogP contribution is 2.20. The normalized spacial score (nSPS) is 18.2. The molecule has 0 spiro atoms. The fraction of sp³-hybridized carbons (Fsp3) is 0.556. The van der Waals surface area contributed by atoms with Crippen molar-refractivity contribution in [3.8, 4) is 0 Å². The zero-order valence-corrected chi connectivity index (χ0v) is 15.2. The molecule has 2 saturated heterocycles. The molecule has 138 valence electrons. The molecule has 2 aliphatic rings. The van der Waals surface area contributed by atoms with Crippen LogP contribution < -0.4 is 10.6 Å². The molecule has 0 aromatic heterocycles. The van der Waals surface area contributed by atoms with Crippen molar-refractivity contribution >= 4 is 24.2 Å². The van der Waals surface area contributed by atoms with Gasteiger partial charge in [0, 0.05) is 38.6 Å². The molecule has 1 aromatic rings. The zero-order chi connectivity index (χ0) is 17.1. The number of rotatable bonds is 4. The quantitative estimate of drug-likeness (QED) is 0.848. The van der Waals surface area contributed by atoms with Gasteiger partial charge in [-0.2, -0.15) is 0 Å². The molecule has 2 aliphatic heterocycles. The van der Waals surface area contributed by atoms with Gasteiger partial charge in [0.15, 0.2) is 0 Å². The molecule has 0 aliphatic carbocycles. The minimum atomic E-state index is -0.251. The molecule has 0 bridgehead atoms. The van der Waals surface area contributed by atoms with E-state index in [1.807, 2.05) is 11.0 Å². The van der Waals surface area contributed by atoms with Gasteiger partial charge in [-0.25, -0.2) is 4.39 Å². The van der Waals surface area contributed by atoms with Crippen molar-refractivity contribution in [3.05, 3.63) is 35.1 Å². The lowest BCUT2D eigenvalue weighted by Gasteiger charge is -2.36. The second-order valence-corrected chi connectivity index (χ2v) is 6.76. The van der Waals surface area contributed by atoms with E-state index in [1.165, 1.54) is 6.07 Å². The molecule has 7 heteroatoms. The maximum atomic E-state index is 13.5. The van der Waals surface area contributed by atoms with Crippen molar-refractivity contribution in [1.29, 1.82) is 0 Å². The smallest absolute Gasteiger partial charge is 0.228 e. The van der Waals surface area contributed by atoms with Crippen molar-refractivity contribution in [3.63, 3.8) is 0 Å². The molecule has 2 fully saturated rings. The number of piperidine rings is 1. The lowest BCUT2D eigenvalue weighted by atomic mass is 9.93. The minimum absolute atomic E-state index is 0. The first-order chi connectivity index (χ1) is 11.5. The Morgan fingerprint density at radius 2 is 1.92 bits per heavy atom. The number of aryl methyl sites for hydroxylation is 1. The average molecular weight is 370 g/mol. The fourth-order valence-electron chi connectivity index (χ4n) is 3.16. The van der Waals surface area contributed by atoms with Crippen LogP contribution in [-0.4, -0.2) is 42.9 Å². The van der Waals surface area contributed by atoms with Gasteiger partial charge in [-0.15, -0.1) is 12.4 Å². The van der Waals surface area contributed by atoms with Crippen molar-refractivity contribution in [2.75, 3.05) is 26.2 Å². The van der Waals surface area contributed by atoms with Crippen LogP contribution in [0.3, 0.4) is 0 Å². The number of carbonyl (C=O) groups excluding carboxylic acids is 2. The molecule has 0 radical (unpaired) electrons. The second-order valence-electron chi connectivity index (χ2n) is 6.76. The number of hydrogen-bond acceptors (Lipinski definition) is 3. The molecule has 5 nitrogen and oxygen atoms in total. The Bertz CT molecular complexity index is 629. The van der Waals surface area contributed by atoms with Gasteiger partial charge in [0.2, 0.25) is 11.8 Å². The van der Waals surface area contributed by atoms with E-state index in [9.17, 15) is 14.0 Å². The molecule has 0 saturated carbocycles. The lowest BCUT2D eigenvalue weighted by Crippen LogP contribution is -2.54. The Morgan fingerprint density at radius 1 is 1.24 bits per heavy atom. The van der Waals surface area contributed by atoms with Crippen molar-refractivity contribution < 1.29 is 14.0 Å². The van der Waals surface area contributed by atoms with Gasteiger partial charge >= 0.3 is 0 Å². The summed E-state index contributed by atoms with van der Waals surface area (Å²) in [6.07, 6.45) is 1.39. The monoisotopic (exact) mass is 369 g/mol. The minimum Gasteiger partial charge on any atom is -0.352 e. The van der Waals surface area contributed by atoms with E-state index >= 15 is 0 Å². The third-order valence-corrected chi connectivity index (χ3v) is 5.01. The Labute approximate surface area is 153 Å². The van der Waals surface area contributed by atoms with E-state index in [0.29, 0.717) is 38.0 Å². The molecule has 3 rings (SSSR count). The highest BCUT2D eigenvalue weighted by molar-refractivity contribution is 5.85. The van der Waals surface area contributed by atoms with Crippen LogP contribution in [0.2, 0.25) is 0 Å². The zero-order valence-electron chi connectivity index (χ0n) is 14.4. The predicted molar refractivity (Wildman–Crippen MR) is 95.9 cm³/mol. The first kappa shape index (κ1) is 19.7. The standard InChI is InChI=1S/C18H24FN3O2.ClH/c1-12-2-3-13(8-16(12)19)9-21-17(23)14-4-6-22(7-5-14)18(24)15-10-20-11-15;/h2-3,8,14-15,20H,4-7,9-11H2,1H3,(H,21,23);1H. The van der Waals surface area contributed by atoms with E-state index in [2.05, 4.69) is 10.6 Å². The lowest BCUT2D eigenvalue weighted by molar-refractivity contribution is -0.140. The summed E-state index contributed by atoms with van der Waals surface area (Å²) in [5.74, 6) is 0.00542. The largest absolute Gasteiger partial charge is 0.352 e. The Morgan fingerprint density at radius 3 is 2.48 bits per heavy atom. The summed E-state index contributed by atoms with van der Waals surface area (Å²) in [7, 11) is 0. The van der Waals surface area contributed by atoms with Gasteiger partial charge in [0.05, 0.1) is 5.92 Å². The third kappa shape index (κ3) is 4.70. The van der Waals surface area contributed by atoms with Gasteiger partial charge in [-0.1, -0.05) is 12.1 Å². The van der Waals surface area contributed by atoms with Crippen LogP contribution >= 0.6 is 12.4 Å². The molecule has 0 atom stereocenters. The van der Waals surface area contributed by atoms with Crippen LogP contribution in [0.4, 0.5) is 4.39 Å². The van der Waals surface area contributed by atoms with E-state index in [1.54, 1.807) is 13.0 Å². The van der Waals surface area contributed by atoms with Gasteiger partial charge in [-0.3, -0.25) is 9.59 Å². The van der Waals surface area contributed by atoms with Crippen LogP contribution in [0, 0.1) is 24.6 Å². The summed E-state index contributed by atoms with van der Waals surface area (Å²) in [5.41, 5.74) is 1.36. The number of hydrogen-bond donors (Lipinski definition) is 2. The Kier molecular flexibility index (Phi) is 6.79. The highest BCUT2D eigenvalue weighted by Gasteiger charge is 2.33. The molecule has 25 heavy (non-hydrogen) atoms. The SMILES string of the molecule is Cc1ccc(CNC(=O)C2CCN(C(=O)C3CNC3)CC2)cc1F.Cl. The summed E-state index contributed by atoms with van der Waals surface area (Å²) >= 11 is 0. The summed E-state index contributed by atoms with van der Waals surface area (Å²) in [5, 5.41) is 6.00. The maximum Gasteiger partial charge on any atom is 0.228 e. The number of likely N-dealkylation sites (tertiary alicyclic amines) is 1. The number of halogens is 2. The van der Waals surface area contributed by atoms with E-state index in [-0.39, 0.29) is 41.9 Å². The molecule has 2 amide bonds. The number of benzene rings is 1. The van der Waals surface area contributed by atoms with E-state index in [0.717, 1.165) is 18.7 Å². The van der Waals surface area contributed by atoms with Crippen LogP contribution in [0.1, 0.15) is 24.0 Å². The fourth-order valence-corrected chi connectivity index (χ4v) is 3.16. The van der Waals surface area contributed by atoms with Gasteiger partial charge < -0.3 is 15.5 Å². The van der Waals surface area contributed by atoms with Gasteiger partial charge in [-0.05, 0) is 37.0 Å². The summed E-state index contributed by atoms with van der Waals surface area (Å²) in [6.45, 7) is 4.88. The molecular weight excluding hydrogens is 345 g/mol. The highest BCUT2D eigenvalue weighted by atomic mass is 35.5. The van der Waals surface area contributed by atoms with Crippen molar-refractivity contribution in [2.24, 2.45) is 11.8 Å². The average Bonchev–Trinajstić information content (AvgIpc) is 2.54. The third-order valence-electron chi connectivity index (χ3n) is 5.01. The molecular formula is C18H25ClFN3O2. The Balaban J connectivity index is 0.00000225. The molecule has 2 heterocycles. The number of carbonyl (C=O) groups is 2. The number of nitrogens with zero attached hydrogens (tertiary/aromatic N) is 1. The summed E-state index contributed by atoms with van der Waals surface area (Å²) in [6, 6.07) is 5.01. The van der Waals surface area contributed by atoms with Crippen molar-refractivity contribution in [2.45, 2.75) is 26.3 Å². The van der Waals surface area contributed by atoms with Crippen LogP contribution in [-0.2, 0) is 16.1 Å². The van der Waals surface area contributed by atoms with Crippen LogP contribution in [0.15, 0.2) is 18.2 Å². The number of amides is 2. The van der Waals surface area contributed by atoms with Crippen LogP contribution in [0.25, 0.3) is 0 Å². The van der Waals surface area contributed by atoms with E-state index < -0.39 is 0 Å². The van der Waals surface area contributed by atoms with Crippen molar-refractivity contribution in [1.82, 2.24) is 15.5 Å². The summed E-state index contributed by atoms with van der Waals surface area (Å²) < 4.78 is 13.5. The first-order valence-corrected chi connectivity index (χ1v) is 8.57. The molecule has 2 N–H and O–H groups in total. The topological polar surface area (TPSA) is 61.4 Å². The first-order valence-electron chi connectivity index (χ1n) is 8.57. The van der Waals surface area contributed by atoms with Crippen LogP contribution in [0.5, 0.6) is 0 Å². The maximum absolute atomic E-state index is 13.5. The second kappa shape index (κ2) is 8.63. The predicted octanol–water partition coefficient (Wildman–Crippen LogP) is 1.63. The van der Waals surface area contributed by atoms with E-state index in [4.69, 9.17) is 0 Å². The molecule has 1 aromatic carbocycles.